The van der Waals surface area contributed by atoms with Gasteiger partial charge >= 0.3 is 0 Å². The molecule has 2 aromatic rings. The van der Waals surface area contributed by atoms with Gasteiger partial charge in [0.15, 0.2) is 5.76 Å². The Kier molecular flexibility index (Phi) is 4.68. The van der Waals surface area contributed by atoms with Gasteiger partial charge in [-0.25, -0.2) is 0 Å². The number of carbonyl (C=O) groups is 1. The number of benzene rings is 1. The maximum atomic E-state index is 12.1. The van der Waals surface area contributed by atoms with Crippen LogP contribution >= 0.6 is 11.6 Å². The van der Waals surface area contributed by atoms with Gasteiger partial charge in [0.25, 0.3) is 5.91 Å². The van der Waals surface area contributed by atoms with E-state index in [2.05, 4.69) is 10.2 Å². The Hall–Kier alpha value is -1.52. The molecular weight excluding hydrogens is 276 g/mol. The Morgan fingerprint density at radius 3 is 2.85 bits per heavy atom. The van der Waals surface area contributed by atoms with Gasteiger partial charge in [-0.1, -0.05) is 11.6 Å². The first-order valence-electron chi connectivity index (χ1n) is 6.60. The van der Waals surface area contributed by atoms with Crippen LogP contribution in [0.3, 0.4) is 0 Å². The van der Waals surface area contributed by atoms with Gasteiger partial charge in [-0.05, 0) is 52.2 Å². The average Bonchev–Trinajstić information content (AvgIpc) is 2.72. The van der Waals surface area contributed by atoms with Gasteiger partial charge in [0.05, 0.1) is 0 Å². The highest BCUT2D eigenvalue weighted by Gasteiger charge is 2.17. The minimum Gasteiger partial charge on any atom is -0.451 e. The van der Waals surface area contributed by atoms with Gasteiger partial charge in [-0.2, -0.15) is 0 Å². The highest BCUT2D eigenvalue weighted by molar-refractivity contribution is 6.31. The average molecular weight is 295 g/mol. The molecule has 0 aliphatic carbocycles. The molecule has 108 valence electrons. The van der Waals surface area contributed by atoms with E-state index in [1.54, 1.807) is 12.1 Å². The molecule has 0 atom stereocenters. The Bertz CT molecular complexity index is 620. The van der Waals surface area contributed by atoms with E-state index >= 15 is 0 Å². The molecule has 0 unspecified atom stereocenters. The fourth-order valence-corrected chi connectivity index (χ4v) is 2.26. The third kappa shape index (κ3) is 3.32. The van der Waals surface area contributed by atoms with Crippen LogP contribution in [0.5, 0.6) is 0 Å². The Morgan fingerprint density at radius 1 is 1.40 bits per heavy atom. The minimum absolute atomic E-state index is 0.173. The zero-order valence-corrected chi connectivity index (χ0v) is 12.8. The maximum Gasteiger partial charge on any atom is 0.287 e. The summed E-state index contributed by atoms with van der Waals surface area (Å²) in [7, 11) is 4.02. The summed E-state index contributed by atoms with van der Waals surface area (Å²) in [5, 5.41) is 4.40. The predicted molar refractivity (Wildman–Crippen MR) is 81.5 cm³/mol. The molecule has 0 aliphatic heterocycles. The smallest absolute Gasteiger partial charge is 0.287 e. The van der Waals surface area contributed by atoms with Crippen molar-refractivity contribution in [3.05, 3.63) is 34.5 Å². The van der Waals surface area contributed by atoms with Crippen LogP contribution in [-0.2, 0) is 0 Å². The number of rotatable bonds is 5. The highest BCUT2D eigenvalue weighted by Crippen LogP contribution is 2.27. The van der Waals surface area contributed by atoms with Crippen molar-refractivity contribution in [3.63, 3.8) is 0 Å². The van der Waals surface area contributed by atoms with Crippen molar-refractivity contribution >= 4 is 28.5 Å². The number of carbonyl (C=O) groups excluding carboxylic acids is 1. The molecule has 1 N–H and O–H groups in total. The molecule has 20 heavy (non-hydrogen) atoms. The molecule has 0 aliphatic rings. The number of nitrogens with one attached hydrogen (secondary N) is 1. The normalized spacial score (nSPS) is 11.2. The van der Waals surface area contributed by atoms with Crippen molar-refractivity contribution in [2.24, 2.45) is 0 Å². The summed E-state index contributed by atoms with van der Waals surface area (Å²) in [5.41, 5.74) is 1.51. The number of halogens is 1. The van der Waals surface area contributed by atoms with Crippen LogP contribution in [0.1, 0.15) is 22.5 Å². The first-order chi connectivity index (χ1) is 9.49. The van der Waals surface area contributed by atoms with Crippen molar-refractivity contribution in [2.75, 3.05) is 27.2 Å². The zero-order chi connectivity index (χ0) is 14.7. The van der Waals surface area contributed by atoms with E-state index in [0.29, 0.717) is 22.9 Å². The van der Waals surface area contributed by atoms with Gasteiger partial charge < -0.3 is 14.6 Å². The standard InChI is InChI=1S/C15H19ClN2O2/c1-10-12-9-11(16)5-6-13(12)20-14(10)15(19)17-7-4-8-18(2)3/h5-6,9H,4,7-8H2,1-3H3,(H,17,19). The van der Waals surface area contributed by atoms with Crippen LogP contribution in [0.2, 0.25) is 5.02 Å². The van der Waals surface area contributed by atoms with E-state index in [-0.39, 0.29) is 5.91 Å². The lowest BCUT2D eigenvalue weighted by Gasteiger charge is -2.09. The van der Waals surface area contributed by atoms with E-state index < -0.39 is 0 Å². The molecule has 0 saturated carbocycles. The van der Waals surface area contributed by atoms with Crippen molar-refractivity contribution < 1.29 is 9.21 Å². The van der Waals surface area contributed by atoms with Crippen LogP contribution in [-0.4, -0.2) is 38.0 Å². The number of nitrogens with zero attached hydrogens (tertiary/aromatic N) is 1. The van der Waals surface area contributed by atoms with E-state index in [4.69, 9.17) is 16.0 Å². The Labute approximate surface area is 123 Å². The highest BCUT2D eigenvalue weighted by atomic mass is 35.5. The number of aryl methyl sites for hydroxylation is 1. The van der Waals surface area contributed by atoms with Crippen LogP contribution < -0.4 is 5.32 Å². The van der Waals surface area contributed by atoms with Crippen molar-refractivity contribution in [1.82, 2.24) is 10.2 Å². The molecule has 1 amide bonds. The molecule has 0 fully saturated rings. The summed E-state index contributed by atoms with van der Waals surface area (Å²) in [4.78, 5) is 14.2. The molecule has 1 aromatic carbocycles. The minimum atomic E-state index is -0.173. The first kappa shape index (κ1) is 14.9. The van der Waals surface area contributed by atoms with E-state index in [9.17, 15) is 4.79 Å². The van der Waals surface area contributed by atoms with Gasteiger partial charge in [0, 0.05) is 22.5 Å². The predicted octanol–water partition coefficient (Wildman–Crippen LogP) is 3.08. The van der Waals surface area contributed by atoms with E-state index in [1.807, 2.05) is 27.1 Å². The summed E-state index contributed by atoms with van der Waals surface area (Å²) < 4.78 is 5.61. The topological polar surface area (TPSA) is 45.5 Å². The SMILES string of the molecule is Cc1c(C(=O)NCCCN(C)C)oc2ccc(Cl)cc12. The van der Waals surface area contributed by atoms with E-state index in [1.165, 1.54) is 0 Å². The molecule has 0 spiro atoms. The molecule has 0 bridgehead atoms. The van der Waals surface area contributed by atoms with Gasteiger partial charge in [0.1, 0.15) is 5.58 Å². The summed E-state index contributed by atoms with van der Waals surface area (Å²) >= 11 is 5.96. The monoisotopic (exact) mass is 294 g/mol. The van der Waals surface area contributed by atoms with Crippen molar-refractivity contribution in [1.29, 1.82) is 0 Å². The molecule has 0 radical (unpaired) electrons. The first-order valence-corrected chi connectivity index (χ1v) is 6.98. The number of hydrogen-bond acceptors (Lipinski definition) is 3. The lowest BCUT2D eigenvalue weighted by Crippen LogP contribution is -2.27. The Balaban J connectivity index is 2.08. The maximum absolute atomic E-state index is 12.1. The van der Waals surface area contributed by atoms with Crippen molar-refractivity contribution in [2.45, 2.75) is 13.3 Å². The van der Waals surface area contributed by atoms with Crippen LogP contribution in [0.15, 0.2) is 22.6 Å². The molecule has 5 heteroatoms. The van der Waals surface area contributed by atoms with Gasteiger partial charge in [-0.15, -0.1) is 0 Å². The van der Waals surface area contributed by atoms with Crippen LogP contribution in [0, 0.1) is 6.92 Å². The van der Waals surface area contributed by atoms with Crippen molar-refractivity contribution in [3.8, 4) is 0 Å². The van der Waals surface area contributed by atoms with Crippen LogP contribution in [0.25, 0.3) is 11.0 Å². The lowest BCUT2D eigenvalue weighted by atomic mass is 10.1. The largest absolute Gasteiger partial charge is 0.451 e. The fraction of sp³-hybridized carbons (Fsp3) is 0.400. The van der Waals surface area contributed by atoms with Gasteiger partial charge in [-0.3, -0.25) is 4.79 Å². The summed E-state index contributed by atoms with van der Waals surface area (Å²) in [6.07, 6.45) is 0.907. The molecule has 1 heterocycles. The van der Waals surface area contributed by atoms with Crippen LogP contribution in [0.4, 0.5) is 0 Å². The summed E-state index contributed by atoms with van der Waals surface area (Å²) in [6.45, 7) is 3.44. The number of amides is 1. The number of fused-ring (bicyclic) bond motifs is 1. The molecule has 1 aromatic heterocycles. The second-order valence-corrected chi connectivity index (χ2v) is 5.55. The molecule has 2 rings (SSSR count). The Morgan fingerprint density at radius 2 is 2.15 bits per heavy atom. The molecule has 0 saturated heterocycles. The third-order valence-electron chi connectivity index (χ3n) is 3.17. The molecule has 4 nitrogen and oxygen atoms in total. The number of furan rings is 1. The number of hydrogen-bond donors (Lipinski definition) is 1. The molecular formula is C15H19ClN2O2. The second-order valence-electron chi connectivity index (χ2n) is 5.11. The summed E-state index contributed by atoms with van der Waals surface area (Å²) in [6, 6.07) is 5.36. The van der Waals surface area contributed by atoms with Gasteiger partial charge in [0.2, 0.25) is 0 Å². The quantitative estimate of drug-likeness (QED) is 0.862. The summed E-state index contributed by atoms with van der Waals surface area (Å²) in [5.74, 6) is 0.195. The zero-order valence-electron chi connectivity index (χ0n) is 12.0. The second kappa shape index (κ2) is 6.29. The fourth-order valence-electron chi connectivity index (χ4n) is 2.09. The third-order valence-corrected chi connectivity index (χ3v) is 3.41. The lowest BCUT2D eigenvalue weighted by molar-refractivity contribution is 0.0926. The van der Waals surface area contributed by atoms with E-state index in [0.717, 1.165) is 23.9 Å².